The van der Waals surface area contributed by atoms with Crippen molar-refractivity contribution < 1.29 is 14.3 Å². The highest BCUT2D eigenvalue weighted by molar-refractivity contribution is 5.94. The van der Waals surface area contributed by atoms with E-state index in [9.17, 15) is 9.18 Å². The molecular weight excluding hydrogens is 251 g/mol. The highest BCUT2D eigenvalue weighted by Gasteiger charge is 2.13. The number of nitrogens with zero attached hydrogens (tertiary/aromatic N) is 3. The van der Waals surface area contributed by atoms with Crippen LogP contribution < -0.4 is 5.32 Å². The minimum Gasteiger partial charge on any atom is -0.478 e. The van der Waals surface area contributed by atoms with Gasteiger partial charge in [0.05, 0.1) is 17.4 Å². The van der Waals surface area contributed by atoms with E-state index in [1.54, 1.807) is 17.1 Å². The largest absolute Gasteiger partial charge is 0.478 e. The van der Waals surface area contributed by atoms with Crippen molar-refractivity contribution in [3.05, 3.63) is 42.0 Å². The molecule has 0 saturated heterocycles. The molecule has 1 heterocycles. The Morgan fingerprint density at radius 3 is 3.00 bits per heavy atom. The summed E-state index contributed by atoms with van der Waals surface area (Å²) in [4.78, 5) is 11.0. The van der Waals surface area contributed by atoms with Gasteiger partial charge in [0.1, 0.15) is 5.82 Å². The summed E-state index contributed by atoms with van der Waals surface area (Å²) in [6, 6.07) is 3.97. The van der Waals surface area contributed by atoms with Crippen LogP contribution in [0.1, 0.15) is 16.8 Å². The first kappa shape index (κ1) is 13.0. The quantitative estimate of drug-likeness (QED) is 0.775. The van der Waals surface area contributed by atoms with Crippen LogP contribution in [0.5, 0.6) is 0 Å². The number of para-hydroxylation sites is 1. The van der Waals surface area contributed by atoms with Gasteiger partial charge in [0.15, 0.2) is 0 Å². The summed E-state index contributed by atoms with van der Waals surface area (Å²) in [6.07, 6.45) is 3.98. The molecule has 1 aromatic heterocycles. The van der Waals surface area contributed by atoms with Gasteiger partial charge in [-0.2, -0.15) is 0 Å². The summed E-state index contributed by atoms with van der Waals surface area (Å²) in [5.74, 6) is -1.72. The molecule has 0 radical (unpaired) electrons. The van der Waals surface area contributed by atoms with Crippen LogP contribution in [0.3, 0.4) is 0 Å². The number of aromatic nitrogens is 3. The second-order valence-electron chi connectivity index (χ2n) is 3.91. The van der Waals surface area contributed by atoms with E-state index in [1.807, 2.05) is 0 Å². The molecular formula is C12H13FN4O2. The van der Waals surface area contributed by atoms with E-state index < -0.39 is 11.8 Å². The number of carbonyl (C=O) groups is 1. The van der Waals surface area contributed by atoms with Crippen LogP contribution in [0.4, 0.5) is 10.1 Å². The van der Waals surface area contributed by atoms with Gasteiger partial charge in [-0.1, -0.05) is 11.3 Å². The molecule has 0 aliphatic rings. The average molecular weight is 264 g/mol. The molecule has 7 heteroatoms. The minimum atomic E-state index is -1.15. The number of anilines is 1. The van der Waals surface area contributed by atoms with Crippen LogP contribution in [0.2, 0.25) is 0 Å². The summed E-state index contributed by atoms with van der Waals surface area (Å²) < 4.78 is 15.2. The molecule has 0 atom stereocenters. The third kappa shape index (κ3) is 3.27. The van der Waals surface area contributed by atoms with Crippen LogP contribution in [-0.2, 0) is 6.54 Å². The van der Waals surface area contributed by atoms with E-state index in [-0.39, 0.29) is 11.3 Å². The van der Waals surface area contributed by atoms with Crippen LogP contribution in [0.15, 0.2) is 30.6 Å². The van der Waals surface area contributed by atoms with Crippen molar-refractivity contribution in [1.82, 2.24) is 15.0 Å². The molecule has 6 nitrogen and oxygen atoms in total. The van der Waals surface area contributed by atoms with Crippen LogP contribution in [0, 0.1) is 5.82 Å². The lowest BCUT2D eigenvalue weighted by molar-refractivity contribution is 0.0697. The molecule has 0 spiro atoms. The Morgan fingerprint density at radius 2 is 2.32 bits per heavy atom. The van der Waals surface area contributed by atoms with E-state index in [0.717, 1.165) is 0 Å². The number of benzene rings is 1. The fraction of sp³-hybridized carbons (Fsp3) is 0.250. The monoisotopic (exact) mass is 264 g/mol. The summed E-state index contributed by atoms with van der Waals surface area (Å²) in [6.45, 7) is 1.07. The predicted molar refractivity (Wildman–Crippen MR) is 66.5 cm³/mol. The lowest BCUT2D eigenvalue weighted by Gasteiger charge is -2.10. The number of carboxylic acids is 1. The summed E-state index contributed by atoms with van der Waals surface area (Å²) >= 11 is 0. The van der Waals surface area contributed by atoms with Gasteiger partial charge >= 0.3 is 5.97 Å². The van der Waals surface area contributed by atoms with Crippen LogP contribution in [0.25, 0.3) is 0 Å². The SMILES string of the molecule is O=C(O)c1cccc(F)c1NCCCn1ccnn1. The fourth-order valence-electron chi connectivity index (χ4n) is 1.69. The zero-order chi connectivity index (χ0) is 13.7. The average Bonchev–Trinajstić information content (AvgIpc) is 2.88. The van der Waals surface area contributed by atoms with E-state index in [2.05, 4.69) is 15.6 Å². The van der Waals surface area contributed by atoms with Gasteiger partial charge in [0.2, 0.25) is 0 Å². The Bertz CT molecular complexity index is 557. The van der Waals surface area contributed by atoms with Crippen LogP contribution >= 0.6 is 0 Å². The standard InChI is InChI=1S/C12H13FN4O2/c13-10-4-1-3-9(12(18)19)11(10)14-5-2-7-17-8-6-15-16-17/h1,3-4,6,8,14H,2,5,7H2,(H,18,19). The number of aryl methyl sites for hydroxylation is 1. The van der Waals surface area contributed by atoms with Crippen molar-refractivity contribution in [3.63, 3.8) is 0 Å². The molecule has 100 valence electrons. The first-order valence-corrected chi connectivity index (χ1v) is 5.78. The van der Waals surface area contributed by atoms with Crippen molar-refractivity contribution in [3.8, 4) is 0 Å². The van der Waals surface area contributed by atoms with Crippen LogP contribution in [-0.4, -0.2) is 32.6 Å². The molecule has 0 bridgehead atoms. The topological polar surface area (TPSA) is 80.0 Å². The molecule has 0 fully saturated rings. The van der Waals surface area contributed by atoms with Gasteiger partial charge in [-0.3, -0.25) is 4.68 Å². The van der Waals surface area contributed by atoms with E-state index in [4.69, 9.17) is 5.11 Å². The third-order valence-electron chi connectivity index (χ3n) is 2.58. The van der Waals surface area contributed by atoms with Gasteiger partial charge < -0.3 is 10.4 Å². The number of hydrogen-bond donors (Lipinski definition) is 2. The van der Waals surface area contributed by atoms with Crippen molar-refractivity contribution in [1.29, 1.82) is 0 Å². The minimum absolute atomic E-state index is 0.0218. The maximum Gasteiger partial charge on any atom is 0.337 e. The van der Waals surface area contributed by atoms with E-state index in [1.165, 1.54) is 18.2 Å². The Balaban J connectivity index is 1.93. The highest BCUT2D eigenvalue weighted by Crippen LogP contribution is 2.19. The smallest absolute Gasteiger partial charge is 0.337 e. The number of carboxylic acid groups (broad SMARTS) is 1. The van der Waals surface area contributed by atoms with E-state index >= 15 is 0 Å². The Kier molecular flexibility index (Phi) is 4.07. The molecule has 0 saturated carbocycles. The van der Waals surface area contributed by atoms with Gasteiger partial charge in [-0.25, -0.2) is 9.18 Å². The Morgan fingerprint density at radius 1 is 1.47 bits per heavy atom. The van der Waals surface area contributed by atoms with Crippen molar-refractivity contribution in [2.45, 2.75) is 13.0 Å². The Hall–Kier alpha value is -2.44. The fourth-order valence-corrected chi connectivity index (χ4v) is 1.69. The first-order valence-electron chi connectivity index (χ1n) is 5.78. The lowest BCUT2D eigenvalue weighted by Crippen LogP contribution is -2.11. The summed E-state index contributed by atoms with van der Waals surface area (Å²) in [5.41, 5.74) is -0.0469. The predicted octanol–water partition coefficient (Wildman–Crippen LogP) is 1.62. The summed E-state index contributed by atoms with van der Waals surface area (Å²) in [5, 5.41) is 19.2. The zero-order valence-electron chi connectivity index (χ0n) is 10.1. The van der Waals surface area contributed by atoms with E-state index in [0.29, 0.717) is 19.5 Å². The summed E-state index contributed by atoms with van der Waals surface area (Å²) in [7, 11) is 0. The second kappa shape index (κ2) is 5.94. The Labute approximate surface area is 108 Å². The molecule has 0 unspecified atom stereocenters. The van der Waals surface area contributed by atoms with Gasteiger partial charge in [-0.05, 0) is 18.6 Å². The number of halogens is 1. The van der Waals surface area contributed by atoms with Crippen molar-refractivity contribution >= 4 is 11.7 Å². The normalized spacial score (nSPS) is 10.4. The maximum absolute atomic E-state index is 13.6. The molecule has 0 aliphatic carbocycles. The number of aromatic carboxylic acids is 1. The maximum atomic E-state index is 13.6. The molecule has 2 N–H and O–H groups in total. The molecule has 19 heavy (non-hydrogen) atoms. The third-order valence-corrected chi connectivity index (χ3v) is 2.58. The number of hydrogen-bond acceptors (Lipinski definition) is 4. The molecule has 0 aliphatic heterocycles. The van der Waals surface area contributed by atoms with Gasteiger partial charge in [-0.15, -0.1) is 5.10 Å². The lowest BCUT2D eigenvalue weighted by atomic mass is 10.1. The zero-order valence-corrected chi connectivity index (χ0v) is 10.1. The first-order chi connectivity index (χ1) is 9.18. The highest BCUT2D eigenvalue weighted by atomic mass is 19.1. The number of nitrogens with one attached hydrogen (secondary N) is 1. The van der Waals surface area contributed by atoms with Crippen molar-refractivity contribution in [2.24, 2.45) is 0 Å². The molecule has 2 aromatic rings. The second-order valence-corrected chi connectivity index (χ2v) is 3.91. The van der Waals surface area contributed by atoms with Gasteiger partial charge in [0, 0.05) is 19.3 Å². The molecule has 0 amide bonds. The van der Waals surface area contributed by atoms with Gasteiger partial charge in [0.25, 0.3) is 0 Å². The van der Waals surface area contributed by atoms with Crippen molar-refractivity contribution in [2.75, 3.05) is 11.9 Å². The molecule has 2 rings (SSSR count). The number of rotatable bonds is 6. The molecule has 1 aromatic carbocycles.